The molecule has 0 amide bonds. The number of methoxy groups -OCH3 is 1. The van der Waals surface area contributed by atoms with E-state index in [-0.39, 0.29) is 12.1 Å². The number of carbonyl (C=O) groups excluding carboxylic acids is 1. The smallest absolute Gasteiger partial charge is 0.337 e. The largest absolute Gasteiger partial charge is 0.485 e. The number of hydrogen-bond donors (Lipinski definition) is 0. The Hall–Kier alpha value is -3.35. The van der Waals surface area contributed by atoms with Crippen LogP contribution in [0.2, 0.25) is 0 Å². The number of hydrogen-bond acceptors (Lipinski definition) is 6. The zero-order valence-corrected chi connectivity index (χ0v) is 19.5. The lowest BCUT2D eigenvalue weighted by Gasteiger charge is -2.34. The monoisotopic (exact) mass is 458 g/mol. The van der Waals surface area contributed by atoms with E-state index in [1.54, 1.807) is 0 Å². The molecule has 0 N–H and O–H groups in total. The van der Waals surface area contributed by atoms with Crippen LogP contribution in [0.4, 0.5) is 0 Å². The summed E-state index contributed by atoms with van der Waals surface area (Å²) in [7, 11) is 1.41. The SMILES string of the molecule is COC(=O)c1ccc(CN2CCN(Cc3ccc(C4COc5ccccc5O4)cc3)CC2)cc1. The van der Waals surface area contributed by atoms with Crippen LogP contribution in [0.25, 0.3) is 0 Å². The summed E-state index contributed by atoms with van der Waals surface area (Å²) in [5.41, 5.74) is 4.26. The predicted molar refractivity (Wildman–Crippen MR) is 130 cm³/mol. The molecule has 6 nitrogen and oxygen atoms in total. The molecule has 0 radical (unpaired) electrons. The van der Waals surface area contributed by atoms with Crippen molar-refractivity contribution in [2.75, 3.05) is 39.9 Å². The lowest BCUT2D eigenvalue weighted by atomic mass is 10.1. The first-order chi connectivity index (χ1) is 16.7. The third-order valence-corrected chi connectivity index (χ3v) is 6.51. The average Bonchev–Trinajstić information content (AvgIpc) is 2.90. The van der Waals surface area contributed by atoms with Gasteiger partial charge in [-0.1, -0.05) is 48.5 Å². The fourth-order valence-electron chi connectivity index (χ4n) is 4.51. The van der Waals surface area contributed by atoms with E-state index in [0.717, 1.165) is 56.3 Å². The highest BCUT2D eigenvalue weighted by atomic mass is 16.6. The molecule has 1 fully saturated rings. The number of esters is 1. The van der Waals surface area contributed by atoms with Crippen LogP contribution in [0.15, 0.2) is 72.8 Å². The minimum atomic E-state index is -0.293. The third kappa shape index (κ3) is 5.24. The van der Waals surface area contributed by atoms with Crippen LogP contribution in [0.5, 0.6) is 11.5 Å². The van der Waals surface area contributed by atoms with Gasteiger partial charge in [0.05, 0.1) is 12.7 Å². The molecule has 1 saturated heterocycles. The van der Waals surface area contributed by atoms with Crippen LogP contribution in [0.3, 0.4) is 0 Å². The molecule has 0 bridgehead atoms. The van der Waals surface area contributed by atoms with E-state index >= 15 is 0 Å². The Labute approximate surface area is 200 Å². The van der Waals surface area contributed by atoms with E-state index in [1.165, 1.54) is 18.2 Å². The molecule has 176 valence electrons. The summed E-state index contributed by atoms with van der Waals surface area (Å²) in [6.45, 7) is 6.52. The summed E-state index contributed by atoms with van der Waals surface area (Å²) < 4.78 is 16.8. The van der Waals surface area contributed by atoms with Crippen molar-refractivity contribution in [2.45, 2.75) is 19.2 Å². The Bertz CT molecular complexity index is 1110. The maximum Gasteiger partial charge on any atom is 0.337 e. The lowest BCUT2D eigenvalue weighted by molar-refractivity contribution is 0.0600. The minimum absolute atomic E-state index is 0.0748. The van der Waals surface area contributed by atoms with Crippen LogP contribution in [-0.2, 0) is 17.8 Å². The van der Waals surface area contributed by atoms with E-state index in [9.17, 15) is 4.79 Å². The van der Waals surface area contributed by atoms with Crippen LogP contribution >= 0.6 is 0 Å². The maximum absolute atomic E-state index is 11.6. The predicted octanol–water partition coefficient (Wildman–Crippen LogP) is 4.30. The number of nitrogens with zero attached hydrogens (tertiary/aromatic N) is 2. The normalized spacial score (nSPS) is 18.4. The molecule has 0 aliphatic carbocycles. The van der Waals surface area contributed by atoms with Gasteiger partial charge in [-0.05, 0) is 41.0 Å². The molecule has 2 heterocycles. The Morgan fingerprint density at radius 1 is 0.824 bits per heavy atom. The zero-order valence-electron chi connectivity index (χ0n) is 19.5. The van der Waals surface area contributed by atoms with Crippen molar-refractivity contribution in [1.82, 2.24) is 9.80 Å². The second kappa shape index (κ2) is 10.3. The highest BCUT2D eigenvalue weighted by Gasteiger charge is 2.22. The summed E-state index contributed by atoms with van der Waals surface area (Å²) in [6.07, 6.45) is -0.0748. The third-order valence-electron chi connectivity index (χ3n) is 6.51. The minimum Gasteiger partial charge on any atom is -0.485 e. The van der Waals surface area contributed by atoms with Crippen molar-refractivity contribution in [3.05, 3.63) is 95.1 Å². The summed E-state index contributed by atoms with van der Waals surface area (Å²) in [4.78, 5) is 16.6. The van der Waals surface area contributed by atoms with Crippen molar-refractivity contribution in [1.29, 1.82) is 0 Å². The van der Waals surface area contributed by atoms with Gasteiger partial charge in [0.1, 0.15) is 6.61 Å². The van der Waals surface area contributed by atoms with Crippen molar-refractivity contribution in [3.8, 4) is 11.5 Å². The topological polar surface area (TPSA) is 51.2 Å². The first kappa shape index (κ1) is 22.4. The highest BCUT2D eigenvalue weighted by molar-refractivity contribution is 5.89. The fraction of sp³-hybridized carbons (Fsp3) is 0.321. The Kier molecular flexibility index (Phi) is 6.79. The molecule has 0 saturated carbocycles. The molecule has 1 atom stereocenters. The molecule has 2 aliphatic rings. The van der Waals surface area contributed by atoms with Crippen molar-refractivity contribution in [3.63, 3.8) is 0 Å². The molecular formula is C28H30N2O4. The number of rotatable bonds is 6. The average molecular weight is 459 g/mol. The Morgan fingerprint density at radius 2 is 1.38 bits per heavy atom. The van der Waals surface area contributed by atoms with Gasteiger partial charge in [-0.3, -0.25) is 9.80 Å². The second-order valence-electron chi connectivity index (χ2n) is 8.85. The summed E-state index contributed by atoms with van der Waals surface area (Å²) in [5.74, 6) is 1.32. The molecule has 3 aromatic rings. The van der Waals surface area contributed by atoms with Crippen LogP contribution in [-0.4, -0.2) is 55.7 Å². The first-order valence-corrected chi connectivity index (χ1v) is 11.8. The van der Waals surface area contributed by atoms with Gasteiger partial charge >= 0.3 is 5.97 Å². The molecule has 5 rings (SSSR count). The van der Waals surface area contributed by atoms with Gasteiger partial charge in [0.2, 0.25) is 0 Å². The first-order valence-electron chi connectivity index (χ1n) is 11.8. The summed E-state index contributed by atoms with van der Waals surface area (Å²) in [6, 6.07) is 24.2. The van der Waals surface area contributed by atoms with Crippen molar-refractivity contribution >= 4 is 5.97 Å². The van der Waals surface area contributed by atoms with Gasteiger partial charge in [-0.25, -0.2) is 4.79 Å². The molecule has 2 aliphatic heterocycles. The highest BCUT2D eigenvalue weighted by Crippen LogP contribution is 2.35. The molecule has 6 heteroatoms. The van der Waals surface area contributed by atoms with E-state index in [0.29, 0.717) is 12.2 Å². The summed E-state index contributed by atoms with van der Waals surface area (Å²) >= 11 is 0. The van der Waals surface area contributed by atoms with Crippen LogP contribution in [0, 0.1) is 0 Å². The number of benzene rings is 3. The number of fused-ring (bicyclic) bond motifs is 1. The quantitative estimate of drug-likeness (QED) is 0.514. The van der Waals surface area contributed by atoms with E-state index in [1.807, 2.05) is 48.5 Å². The summed E-state index contributed by atoms with van der Waals surface area (Å²) in [5, 5.41) is 0. The van der Waals surface area contributed by atoms with E-state index in [2.05, 4.69) is 34.1 Å². The molecule has 0 spiro atoms. The van der Waals surface area contributed by atoms with Gasteiger partial charge in [0.25, 0.3) is 0 Å². The van der Waals surface area contributed by atoms with E-state index in [4.69, 9.17) is 14.2 Å². The van der Waals surface area contributed by atoms with Gasteiger partial charge in [0.15, 0.2) is 17.6 Å². The second-order valence-corrected chi connectivity index (χ2v) is 8.85. The Balaban J connectivity index is 1.10. The molecule has 34 heavy (non-hydrogen) atoms. The molecule has 1 unspecified atom stereocenters. The number of para-hydroxylation sites is 2. The molecule has 0 aromatic heterocycles. The van der Waals surface area contributed by atoms with Crippen LogP contribution in [0.1, 0.15) is 33.2 Å². The zero-order chi connectivity index (χ0) is 23.3. The Morgan fingerprint density at radius 3 is 1.97 bits per heavy atom. The van der Waals surface area contributed by atoms with Crippen molar-refractivity contribution in [2.24, 2.45) is 0 Å². The van der Waals surface area contributed by atoms with Gasteiger partial charge in [-0.15, -0.1) is 0 Å². The van der Waals surface area contributed by atoms with E-state index < -0.39 is 0 Å². The molecule has 3 aromatic carbocycles. The maximum atomic E-state index is 11.6. The molecular weight excluding hydrogens is 428 g/mol. The van der Waals surface area contributed by atoms with Gasteiger partial charge in [0, 0.05) is 39.3 Å². The van der Waals surface area contributed by atoms with Gasteiger partial charge < -0.3 is 14.2 Å². The van der Waals surface area contributed by atoms with Gasteiger partial charge in [-0.2, -0.15) is 0 Å². The number of piperazine rings is 1. The fourth-order valence-corrected chi connectivity index (χ4v) is 4.51. The standard InChI is InChI=1S/C28H30N2O4/c1-32-28(31)24-12-8-22(9-13-24)19-30-16-14-29(15-17-30)18-21-6-10-23(11-7-21)27-20-33-25-4-2-3-5-26(25)34-27/h2-13,27H,14-20H2,1H3. The lowest BCUT2D eigenvalue weighted by Crippen LogP contribution is -2.45. The van der Waals surface area contributed by atoms with Crippen LogP contribution < -0.4 is 9.47 Å². The number of ether oxygens (including phenoxy) is 3. The van der Waals surface area contributed by atoms with Crippen molar-refractivity contribution < 1.29 is 19.0 Å². The number of carbonyl (C=O) groups is 1.